The highest BCUT2D eigenvalue weighted by molar-refractivity contribution is 5.83. The summed E-state index contributed by atoms with van der Waals surface area (Å²) in [5, 5.41) is 9.56. The van der Waals surface area contributed by atoms with Crippen LogP contribution in [-0.4, -0.2) is 57.8 Å². The van der Waals surface area contributed by atoms with Gasteiger partial charge >= 0.3 is 0 Å². The van der Waals surface area contributed by atoms with Gasteiger partial charge in [-0.05, 0) is 13.3 Å². The van der Waals surface area contributed by atoms with E-state index in [-0.39, 0.29) is 23.8 Å². The molecule has 0 aromatic carbocycles. The van der Waals surface area contributed by atoms with E-state index in [2.05, 4.69) is 9.97 Å². The highest BCUT2D eigenvalue weighted by Crippen LogP contribution is 2.47. The van der Waals surface area contributed by atoms with E-state index in [0.29, 0.717) is 19.7 Å². The van der Waals surface area contributed by atoms with Crippen LogP contribution in [0.4, 0.5) is 0 Å². The maximum Gasteiger partial charge on any atom is 0.226 e. The third-order valence-electron chi connectivity index (χ3n) is 3.97. The lowest BCUT2D eigenvalue weighted by Crippen LogP contribution is -2.49. The van der Waals surface area contributed by atoms with Crippen LogP contribution >= 0.6 is 0 Å². The summed E-state index contributed by atoms with van der Waals surface area (Å²) >= 11 is 0. The van der Waals surface area contributed by atoms with E-state index in [1.54, 1.807) is 19.4 Å². The van der Waals surface area contributed by atoms with E-state index in [1.807, 2.05) is 4.90 Å². The van der Waals surface area contributed by atoms with E-state index < -0.39 is 6.10 Å². The number of aromatic amines is 1. The predicted molar refractivity (Wildman–Crippen MR) is 67.4 cm³/mol. The fourth-order valence-corrected chi connectivity index (χ4v) is 2.68. The standard InChI is InChI=1S/C13H19N3O3/c1-8(17)12-6-16(2-3-19-12)13(18)10-4-9(10)11-5-14-7-15-11/h5,7-10,12,17H,2-4,6H2,1H3,(H,14,15)/t8?,9-,10-,12?/m1/s1. The summed E-state index contributed by atoms with van der Waals surface area (Å²) in [5.41, 5.74) is 1.04. The van der Waals surface area contributed by atoms with Gasteiger partial charge in [0, 0.05) is 36.8 Å². The van der Waals surface area contributed by atoms with E-state index in [9.17, 15) is 9.90 Å². The Labute approximate surface area is 111 Å². The van der Waals surface area contributed by atoms with Gasteiger partial charge in [-0.2, -0.15) is 0 Å². The second-order valence-corrected chi connectivity index (χ2v) is 5.39. The summed E-state index contributed by atoms with van der Waals surface area (Å²) in [4.78, 5) is 21.3. The van der Waals surface area contributed by atoms with Gasteiger partial charge in [0.05, 0.1) is 19.0 Å². The number of H-pyrrole nitrogens is 1. The van der Waals surface area contributed by atoms with E-state index in [4.69, 9.17) is 4.74 Å². The smallest absolute Gasteiger partial charge is 0.226 e. The molecule has 2 heterocycles. The molecule has 0 spiro atoms. The topological polar surface area (TPSA) is 78.5 Å². The number of morpholine rings is 1. The number of hydrogen-bond donors (Lipinski definition) is 2. The Hall–Kier alpha value is -1.40. The third kappa shape index (κ3) is 2.50. The quantitative estimate of drug-likeness (QED) is 0.814. The Morgan fingerprint density at radius 2 is 2.53 bits per heavy atom. The first kappa shape index (κ1) is 12.6. The molecule has 2 fully saturated rings. The van der Waals surface area contributed by atoms with Crippen LogP contribution in [0.5, 0.6) is 0 Å². The average Bonchev–Trinajstić information content (AvgIpc) is 3.03. The van der Waals surface area contributed by atoms with E-state index in [0.717, 1.165) is 12.1 Å². The highest BCUT2D eigenvalue weighted by atomic mass is 16.5. The fraction of sp³-hybridized carbons (Fsp3) is 0.692. The van der Waals surface area contributed by atoms with Crippen LogP contribution in [0.3, 0.4) is 0 Å². The van der Waals surface area contributed by atoms with Gasteiger partial charge in [-0.1, -0.05) is 0 Å². The Morgan fingerprint density at radius 3 is 3.21 bits per heavy atom. The summed E-state index contributed by atoms with van der Waals surface area (Å²) < 4.78 is 5.46. The Morgan fingerprint density at radius 1 is 1.68 bits per heavy atom. The molecule has 1 saturated heterocycles. The third-order valence-corrected chi connectivity index (χ3v) is 3.97. The van der Waals surface area contributed by atoms with Crippen molar-refractivity contribution in [3.63, 3.8) is 0 Å². The number of hydrogen-bond acceptors (Lipinski definition) is 4. The van der Waals surface area contributed by atoms with Gasteiger partial charge in [0.25, 0.3) is 0 Å². The first-order valence-corrected chi connectivity index (χ1v) is 6.73. The Kier molecular flexibility index (Phi) is 3.28. The number of ether oxygens (including phenoxy) is 1. The number of aliphatic hydroxyl groups is 1. The molecule has 1 aromatic rings. The molecule has 6 nitrogen and oxygen atoms in total. The average molecular weight is 265 g/mol. The molecular weight excluding hydrogens is 246 g/mol. The zero-order chi connectivity index (χ0) is 13.4. The zero-order valence-corrected chi connectivity index (χ0v) is 11.0. The maximum atomic E-state index is 12.4. The van der Waals surface area contributed by atoms with Crippen molar-refractivity contribution < 1.29 is 14.6 Å². The minimum absolute atomic E-state index is 0.0631. The maximum absolute atomic E-state index is 12.4. The molecule has 104 valence electrons. The second-order valence-electron chi connectivity index (χ2n) is 5.39. The van der Waals surface area contributed by atoms with Crippen molar-refractivity contribution in [2.45, 2.75) is 31.5 Å². The van der Waals surface area contributed by atoms with Crippen LogP contribution in [0.15, 0.2) is 12.5 Å². The molecule has 1 aromatic heterocycles. The Bertz CT molecular complexity index is 446. The number of aromatic nitrogens is 2. The minimum atomic E-state index is -0.543. The van der Waals surface area contributed by atoms with Crippen molar-refractivity contribution in [1.82, 2.24) is 14.9 Å². The molecule has 1 aliphatic heterocycles. The number of carbonyl (C=O) groups excluding carboxylic acids is 1. The van der Waals surface area contributed by atoms with Crippen molar-refractivity contribution in [2.24, 2.45) is 5.92 Å². The SMILES string of the molecule is CC(O)C1CN(C(=O)[C@@H]2C[C@H]2c2cnc[nH]2)CCO1. The van der Waals surface area contributed by atoms with Crippen LogP contribution in [-0.2, 0) is 9.53 Å². The molecule has 6 heteroatoms. The molecule has 0 bridgehead atoms. The van der Waals surface area contributed by atoms with Crippen LogP contribution in [0, 0.1) is 5.92 Å². The summed E-state index contributed by atoms with van der Waals surface area (Å²) in [5.74, 6) is 0.518. The van der Waals surface area contributed by atoms with Crippen molar-refractivity contribution in [3.05, 3.63) is 18.2 Å². The van der Waals surface area contributed by atoms with Crippen LogP contribution in [0.25, 0.3) is 0 Å². The molecule has 3 rings (SSSR count). The summed E-state index contributed by atoms with van der Waals surface area (Å²) in [6.07, 6.45) is 3.52. The van der Waals surface area contributed by atoms with Crippen molar-refractivity contribution in [2.75, 3.05) is 19.7 Å². The molecule has 4 atom stereocenters. The van der Waals surface area contributed by atoms with Gasteiger partial charge in [0.1, 0.15) is 6.10 Å². The minimum Gasteiger partial charge on any atom is -0.391 e. The van der Waals surface area contributed by atoms with Gasteiger partial charge in [0.15, 0.2) is 0 Å². The Balaban J connectivity index is 1.59. The molecule has 1 saturated carbocycles. The zero-order valence-electron chi connectivity index (χ0n) is 11.0. The number of aliphatic hydroxyl groups excluding tert-OH is 1. The number of nitrogens with one attached hydrogen (secondary N) is 1. The lowest BCUT2D eigenvalue weighted by molar-refractivity contribution is -0.144. The van der Waals surface area contributed by atoms with Gasteiger partial charge in [-0.3, -0.25) is 4.79 Å². The molecule has 19 heavy (non-hydrogen) atoms. The van der Waals surface area contributed by atoms with Crippen molar-refractivity contribution in [3.8, 4) is 0 Å². The number of nitrogens with zero attached hydrogens (tertiary/aromatic N) is 2. The number of imidazole rings is 1. The summed E-state index contributed by atoms with van der Waals surface area (Å²) in [7, 11) is 0. The molecule has 1 amide bonds. The van der Waals surface area contributed by atoms with Gasteiger partial charge in [-0.15, -0.1) is 0 Å². The number of rotatable bonds is 3. The first-order valence-electron chi connectivity index (χ1n) is 6.73. The normalized spacial score (nSPS) is 32.1. The molecule has 1 aliphatic carbocycles. The lowest BCUT2D eigenvalue weighted by atomic mass is 10.1. The van der Waals surface area contributed by atoms with Crippen LogP contribution in [0.1, 0.15) is 25.0 Å². The molecule has 0 radical (unpaired) electrons. The summed E-state index contributed by atoms with van der Waals surface area (Å²) in [6, 6.07) is 0. The lowest BCUT2D eigenvalue weighted by Gasteiger charge is -2.34. The van der Waals surface area contributed by atoms with Crippen molar-refractivity contribution in [1.29, 1.82) is 0 Å². The monoisotopic (exact) mass is 265 g/mol. The van der Waals surface area contributed by atoms with Gasteiger partial charge in [-0.25, -0.2) is 4.98 Å². The number of amides is 1. The molecule has 2 unspecified atom stereocenters. The molecule has 2 N–H and O–H groups in total. The largest absolute Gasteiger partial charge is 0.391 e. The molecular formula is C13H19N3O3. The highest BCUT2D eigenvalue weighted by Gasteiger charge is 2.47. The van der Waals surface area contributed by atoms with Crippen molar-refractivity contribution >= 4 is 5.91 Å². The fourth-order valence-electron chi connectivity index (χ4n) is 2.68. The first-order chi connectivity index (χ1) is 9.16. The van der Waals surface area contributed by atoms with E-state index >= 15 is 0 Å². The summed E-state index contributed by atoms with van der Waals surface area (Å²) in [6.45, 7) is 3.31. The molecule has 2 aliphatic rings. The van der Waals surface area contributed by atoms with Crippen LogP contribution in [0.2, 0.25) is 0 Å². The predicted octanol–water partition coefficient (Wildman–Crippen LogP) is 0.121. The number of carbonyl (C=O) groups is 1. The van der Waals surface area contributed by atoms with Gasteiger partial charge < -0.3 is 19.7 Å². The van der Waals surface area contributed by atoms with E-state index in [1.165, 1.54) is 0 Å². The second kappa shape index (κ2) is 4.94. The van der Waals surface area contributed by atoms with Gasteiger partial charge in [0.2, 0.25) is 5.91 Å². The van der Waals surface area contributed by atoms with Crippen LogP contribution < -0.4 is 0 Å².